The van der Waals surface area contributed by atoms with Crippen LogP contribution in [0.5, 0.6) is 5.75 Å². The van der Waals surface area contributed by atoms with E-state index in [1.807, 2.05) is 0 Å². The van der Waals surface area contributed by atoms with Gasteiger partial charge in [-0.05, 0) is 24.3 Å². The van der Waals surface area contributed by atoms with Crippen LogP contribution in [0.1, 0.15) is 15.9 Å². The third kappa shape index (κ3) is 3.62. The first-order valence-corrected chi connectivity index (χ1v) is 6.54. The molecule has 0 saturated carbocycles. The summed E-state index contributed by atoms with van der Waals surface area (Å²) >= 11 is 0. The second-order valence-electron chi connectivity index (χ2n) is 4.64. The summed E-state index contributed by atoms with van der Waals surface area (Å²) in [5, 5.41) is 13.2. The standard InChI is InChI=1S/C15H11F3N2O4/c1-24-13-7-6-9(8-12(13)20(22)23)19-14(21)10-4-2-3-5-11(10)15(16,17)18/h2-8H,1H3,(H,19,21). The van der Waals surface area contributed by atoms with Crippen molar-refractivity contribution in [1.29, 1.82) is 0 Å². The summed E-state index contributed by atoms with van der Waals surface area (Å²) in [5.41, 5.74) is -2.11. The maximum Gasteiger partial charge on any atom is 0.417 e. The van der Waals surface area contributed by atoms with Crippen LogP contribution in [-0.2, 0) is 6.18 Å². The summed E-state index contributed by atoms with van der Waals surface area (Å²) in [6, 6.07) is 7.80. The minimum atomic E-state index is -4.69. The number of methoxy groups -OCH3 is 1. The SMILES string of the molecule is COc1ccc(NC(=O)c2ccccc2C(F)(F)F)cc1[N+](=O)[O-]. The molecule has 1 N–H and O–H groups in total. The van der Waals surface area contributed by atoms with Crippen molar-refractivity contribution in [3.63, 3.8) is 0 Å². The van der Waals surface area contributed by atoms with Crippen LogP contribution in [-0.4, -0.2) is 17.9 Å². The Balaban J connectivity index is 2.35. The lowest BCUT2D eigenvalue weighted by Crippen LogP contribution is -2.18. The number of ether oxygens (including phenoxy) is 1. The number of amides is 1. The third-order valence-electron chi connectivity index (χ3n) is 3.11. The molecular formula is C15H11F3N2O4. The molecule has 0 aliphatic heterocycles. The summed E-state index contributed by atoms with van der Waals surface area (Å²) in [4.78, 5) is 22.3. The minimum absolute atomic E-state index is 0.0236. The van der Waals surface area contributed by atoms with Gasteiger partial charge in [-0.15, -0.1) is 0 Å². The van der Waals surface area contributed by atoms with Crippen molar-refractivity contribution in [2.45, 2.75) is 6.18 Å². The fourth-order valence-electron chi connectivity index (χ4n) is 2.04. The van der Waals surface area contributed by atoms with Crippen molar-refractivity contribution < 1.29 is 27.6 Å². The Morgan fingerprint density at radius 2 is 1.88 bits per heavy atom. The number of nitro benzene ring substituents is 1. The van der Waals surface area contributed by atoms with Gasteiger partial charge in [0.15, 0.2) is 5.75 Å². The topological polar surface area (TPSA) is 81.5 Å². The number of hydrogen-bond donors (Lipinski definition) is 1. The minimum Gasteiger partial charge on any atom is -0.490 e. The summed E-state index contributed by atoms with van der Waals surface area (Å²) < 4.78 is 43.6. The van der Waals surface area contributed by atoms with Gasteiger partial charge in [0.1, 0.15) is 0 Å². The van der Waals surface area contributed by atoms with Crippen molar-refractivity contribution in [2.24, 2.45) is 0 Å². The van der Waals surface area contributed by atoms with Gasteiger partial charge in [0, 0.05) is 11.8 Å². The van der Waals surface area contributed by atoms with Crippen molar-refractivity contribution in [3.8, 4) is 5.75 Å². The summed E-state index contributed by atoms with van der Waals surface area (Å²) in [6.45, 7) is 0. The zero-order valence-electron chi connectivity index (χ0n) is 12.3. The van der Waals surface area contributed by atoms with Gasteiger partial charge in [0.2, 0.25) is 0 Å². The van der Waals surface area contributed by atoms with Gasteiger partial charge in [-0.3, -0.25) is 14.9 Å². The number of nitrogens with one attached hydrogen (secondary N) is 1. The van der Waals surface area contributed by atoms with E-state index in [4.69, 9.17) is 4.74 Å². The number of alkyl halides is 3. The van der Waals surface area contributed by atoms with E-state index in [1.54, 1.807) is 0 Å². The number of nitro groups is 1. The molecule has 6 nitrogen and oxygen atoms in total. The molecule has 0 aliphatic carbocycles. The smallest absolute Gasteiger partial charge is 0.417 e. The molecule has 0 atom stereocenters. The molecule has 24 heavy (non-hydrogen) atoms. The Morgan fingerprint density at radius 1 is 1.21 bits per heavy atom. The Labute approximate surface area is 134 Å². The zero-order valence-corrected chi connectivity index (χ0v) is 12.3. The summed E-state index contributed by atoms with van der Waals surface area (Å²) in [7, 11) is 1.24. The predicted octanol–water partition coefficient (Wildman–Crippen LogP) is 3.87. The maximum atomic E-state index is 12.9. The molecule has 0 fully saturated rings. The van der Waals surface area contributed by atoms with E-state index < -0.39 is 33.8 Å². The van der Waals surface area contributed by atoms with Crippen molar-refractivity contribution >= 4 is 17.3 Å². The highest BCUT2D eigenvalue weighted by Gasteiger charge is 2.34. The lowest BCUT2D eigenvalue weighted by atomic mass is 10.1. The maximum absolute atomic E-state index is 12.9. The Hall–Kier alpha value is -3.10. The van der Waals surface area contributed by atoms with Gasteiger partial charge < -0.3 is 10.1 Å². The molecule has 1 amide bonds. The molecule has 9 heteroatoms. The molecule has 0 unspecified atom stereocenters. The Morgan fingerprint density at radius 3 is 2.46 bits per heavy atom. The molecule has 126 valence electrons. The number of carbonyl (C=O) groups is 1. The first-order valence-electron chi connectivity index (χ1n) is 6.54. The average molecular weight is 340 g/mol. The Kier molecular flexibility index (Phi) is 4.72. The van der Waals surface area contributed by atoms with Crippen LogP contribution >= 0.6 is 0 Å². The average Bonchev–Trinajstić information content (AvgIpc) is 2.53. The van der Waals surface area contributed by atoms with Gasteiger partial charge in [0.05, 0.1) is 23.2 Å². The lowest BCUT2D eigenvalue weighted by Gasteiger charge is -2.13. The van der Waals surface area contributed by atoms with Crippen LogP contribution in [0, 0.1) is 10.1 Å². The summed E-state index contributed by atoms with van der Waals surface area (Å²) in [5.74, 6) is -1.06. The number of anilines is 1. The zero-order chi connectivity index (χ0) is 17.9. The highest BCUT2D eigenvalue weighted by molar-refractivity contribution is 6.05. The normalized spacial score (nSPS) is 11.0. The van der Waals surface area contributed by atoms with Crippen molar-refractivity contribution in [2.75, 3.05) is 12.4 Å². The largest absolute Gasteiger partial charge is 0.490 e. The number of halogens is 3. The molecule has 0 heterocycles. The molecule has 0 aliphatic rings. The second kappa shape index (κ2) is 6.57. The summed E-state index contributed by atoms with van der Waals surface area (Å²) in [6.07, 6.45) is -4.69. The highest BCUT2D eigenvalue weighted by Crippen LogP contribution is 2.33. The van der Waals surface area contributed by atoms with Crippen LogP contribution in [0.3, 0.4) is 0 Å². The van der Waals surface area contributed by atoms with E-state index in [0.29, 0.717) is 0 Å². The third-order valence-corrected chi connectivity index (χ3v) is 3.11. The van der Waals surface area contributed by atoms with E-state index in [1.165, 1.54) is 25.3 Å². The van der Waals surface area contributed by atoms with E-state index in [2.05, 4.69) is 5.32 Å². The molecule has 0 spiro atoms. The van der Waals surface area contributed by atoms with Gasteiger partial charge in [0.25, 0.3) is 5.91 Å². The van der Waals surface area contributed by atoms with Crippen LogP contribution in [0.25, 0.3) is 0 Å². The molecule has 2 aromatic carbocycles. The second-order valence-corrected chi connectivity index (χ2v) is 4.64. The number of benzene rings is 2. The molecule has 0 saturated heterocycles. The fraction of sp³-hybridized carbons (Fsp3) is 0.133. The van der Waals surface area contributed by atoms with Gasteiger partial charge in [-0.2, -0.15) is 13.2 Å². The van der Waals surface area contributed by atoms with E-state index in [9.17, 15) is 28.1 Å². The van der Waals surface area contributed by atoms with E-state index in [-0.39, 0.29) is 11.4 Å². The van der Waals surface area contributed by atoms with Crippen molar-refractivity contribution in [1.82, 2.24) is 0 Å². The van der Waals surface area contributed by atoms with Crippen LogP contribution in [0.2, 0.25) is 0 Å². The van der Waals surface area contributed by atoms with Gasteiger partial charge >= 0.3 is 11.9 Å². The lowest BCUT2D eigenvalue weighted by molar-refractivity contribution is -0.385. The molecular weight excluding hydrogens is 329 g/mol. The molecule has 0 bridgehead atoms. The fourth-order valence-corrected chi connectivity index (χ4v) is 2.04. The van der Waals surface area contributed by atoms with Gasteiger partial charge in [-0.1, -0.05) is 12.1 Å². The monoisotopic (exact) mass is 340 g/mol. The van der Waals surface area contributed by atoms with Crippen molar-refractivity contribution in [3.05, 3.63) is 63.7 Å². The highest BCUT2D eigenvalue weighted by atomic mass is 19.4. The number of nitrogens with zero attached hydrogens (tertiary/aromatic N) is 1. The number of rotatable bonds is 4. The molecule has 0 radical (unpaired) electrons. The van der Waals surface area contributed by atoms with Crippen LogP contribution in [0.15, 0.2) is 42.5 Å². The number of carbonyl (C=O) groups excluding carboxylic acids is 1. The van der Waals surface area contributed by atoms with E-state index in [0.717, 1.165) is 24.3 Å². The Bertz CT molecular complexity index is 791. The molecule has 2 rings (SSSR count). The van der Waals surface area contributed by atoms with Gasteiger partial charge in [-0.25, -0.2) is 0 Å². The van der Waals surface area contributed by atoms with E-state index >= 15 is 0 Å². The number of hydrogen-bond acceptors (Lipinski definition) is 4. The quantitative estimate of drug-likeness (QED) is 0.676. The predicted molar refractivity (Wildman–Crippen MR) is 79.0 cm³/mol. The van der Waals surface area contributed by atoms with Crippen LogP contribution in [0.4, 0.5) is 24.5 Å². The molecule has 0 aromatic heterocycles. The first kappa shape index (κ1) is 17.3. The first-order chi connectivity index (χ1) is 11.2. The van der Waals surface area contributed by atoms with Crippen LogP contribution < -0.4 is 10.1 Å². The molecule has 2 aromatic rings.